The number of carbonyl (C=O) groups excluding carboxylic acids is 2. The summed E-state index contributed by atoms with van der Waals surface area (Å²) in [5, 5.41) is 5.58. The first-order chi connectivity index (χ1) is 17.2. The minimum Gasteiger partial charge on any atom is -0.435 e. The Morgan fingerprint density at radius 2 is 1.51 bits per heavy atom. The van der Waals surface area contributed by atoms with Crippen molar-refractivity contribution in [2.75, 3.05) is 10.6 Å². The molecule has 2 amide bonds. The number of hydrogen-bond donors (Lipinski definition) is 2. The second-order valence-corrected chi connectivity index (χ2v) is 7.51. The zero-order chi connectivity index (χ0) is 24.0. The molecule has 8 nitrogen and oxygen atoms in total. The summed E-state index contributed by atoms with van der Waals surface area (Å²) in [6, 6.07) is 24.9. The SMILES string of the molecule is O=C(Nc1ccc(-c2oc(-c3ccccc3)nc2C(=O)Nc2ccccn2)cc1)c1cccnc1. The lowest BCUT2D eigenvalue weighted by Gasteiger charge is -2.07. The van der Waals surface area contributed by atoms with E-state index in [-0.39, 0.29) is 11.6 Å². The van der Waals surface area contributed by atoms with Crippen LogP contribution in [-0.4, -0.2) is 26.8 Å². The number of oxazole rings is 1. The molecule has 5 rings (SSSR count). The van der Waals surface area contributed by atoms with E-state index in [0.717, 1.165) is 5.56 Å². The van der Waals surface area contributed by atoms with Crippen molar-refractivity contribution in [1.29, 1.82) is 0 Å². The minimum atomic E-state index is -0.446. The Morgan fingerprint density at radius 1 is 0.714 bits per heavy atom. The third kappa shape index (κ3) is 4.96. The monoisotopic (exact) mass is 461 g/mol. The molecule has 0 aliphatic heterocycles. The van der Waals surface area contributed by atoms with Gasteiger partial charge in [-0.1, -0.05) is 24.3 Å². The predicted octanol–water partition coefficient (Wildman–Crippen LogP) is 5.30. The van der Waals surface area contributed by atoms with Gasteiger partial charge in [-0.05, 0) is 60.7 Å². The maximum atomic E-state index is 13.1. The van der Waals surface area contributed by atoms with E-state index in [4.69, 9.17) is 4.42 Å². The smallest absolute Gasteiger partial charge is 0.279 e. The first-order valence-corrected chi connectivity index (χ1v) is 10.8. The lowest BCUT2D eigenvalue weighted by Crippen LogP contribution is -2.14. The van der Waals surface area contributed by atoms with Crippen LogP contribution in [0, 0.1) is 0 Å². The van der Waals surface area contributed by atoms with E-state index < -0.39 is 5.91 Å². The zero-order valence-electron chi connectivity index (χ0n) is 18.4. The van der Waals surface area contributed by atoms with E-state index in [1.165, 1.54) is 6.20 Å². The van der Waals surface area contributed by atoms with Crippen molar-refractivity contribution in [3.63, 3.8) is 0 Å². The van der Waals surface area contributed by atoms with E-state index in [1.54, 1.807) is 67.0 Å². The zero-order valence-corrected chi connectivity index (χ0v) is 18.4. The molecule has 5 aromatic rings. The molecular weight excluding hydrogens is 442 g/mol. The van der Waals surface area contributed by atoms with Gasteiger partial charge in [0.1, 0.15) is 5.82 Å². The van der Waals surface area contributed by atoms with E-state index >= 15 is 0 Å². The maximum Gasteiger partial charge on any atom is 0.279 e. The molecule has 0 fully saturated rings. The molecule has 3 heterocycles. The lowest BCUT2D eigenvalue weighted by atomic mass is 10.1. The first-order valence-electron chi connectivity index (χ1n) is 10.8. The molecule has 0 unspecified atom stereocenters. The Balaban J connectivity index is 1.45. The van der Waals surface area contributed by atoms with Crippen LogP contribution in [0.15, 0.2) is 108 Å². The van der Waals surface area contributed by atoms with Gasteiger partial charge in [0, 0.05) is 35.4 Å². The van der Waals surface area contributed by atoms with Crippen LogP contribution in [0.1, 0.15) is 20.8 Å². The second-order valence-electron chi connectivity index (χ2n) is 7.51. The van der Waals surface area contributed by atoms with Gasteiger partial charge >= 0.3 is 0 Å². The van der Waals surface area contributed by atoms with Gasteiger partial charge in [0.2, 0.25) is 5.89 Å². The number of amides is 2. The molecule has 0 radical (unpaired) electrons. The summed E-state index contributed by atoms with van der Waals surface area (Å²) in [6.45, 7) is 0. The molecule has 8 heteroatoms. The first kappa shape index (κ1) is 21.7. The number of nitrogens with one attached hydrogen (secondary N) is 2. The topological polar surface area (TPSA) is 110 Å². The van der Waals surface area contributed by atoms with Crippen LogP contribution in [-0.2, 0) is 0 Å². The highest BCUT2D eigenvalue weighted by atomic mass is 16.4. The number of rotatable bonds is 6. The van der Waals surface area contributed by atoms with Crippen molar-refractivity contribution in [2.24, 2.45) is 0 Å². The third-order valence-corrected chi connectivity index (χ3v) is 5.10. The van der Waals surface area contributed by atoms with Gasteiger partial charge in [-0.15, -0.1) is 0 Å². The summed E-state index contributed by atoms with van der Waals surface area (Å²) >= 11 is 0. The summed E-state index contributed by atoms with van der Waals surface area (Å²) < 4.78 is 6.05. The molecule has 0 spiro atoms. The predicted molar refractivity (Wildman–Crippen MR) is 132 cm³/mol. The van der Waals surface area contributed by atoms with Gasteiger partial charge in [-0.2, -0.15) is 0 Å². The highest BCUT2D eigenvalue weighted by molar-refractivity contribution is 6.07. The van der Waals surface area contributed by atoms with Crippen molar-refractivity contribution in [3.05, 3.63) is 115 Å². The Labute approximate surface area is 200 Å². The molecule has 2 aromatic carbocycles. The third-order valence-electron chi connectivity index (χ3n) is 5.10. The van der Waals surface area contributed by atoms with Crippen molar-refractivity contribution in [3.8, 4) is 22.8 Å². The summed E-state index contributed by atoms with van der Waals surface area (Å²) in [5.41, 5.74) is 2.54. The van der Waals surface area contributed by atoms with Gasteiger partial charge in [0.15, 0.2) is 11.5 Å². The largest absolute Gasteiger partial charge is 0.435 e. The van der Waals surface area contributed by atoms with Crippen LogP contribution in [0.2, 0.25) is 0 Å². The normalized spacial score (nSPS) is 10.5. The van der Waals surface area contributed by atoms with Crippen LogP contribution in [0.4, 0.5) is 11.5 Å². The number of pyridine rings is 2. The molecule has 0 saturated carbocycles. The molecule has 170 valence electrons. The van der Waals surface area contributed by atoms with Crippen LogP contribution in [0.5, 0.6) is 0 Å². The minimum absolute atomic E-state index is 0.127. The second kappa shape index (κ2) is 9.80. The van der Waals surface area contributed by atoms with Crippen LogP contribution < -0.4 is 10.6 Å². The number of carbonyl (C=O) groups is 2. The molecule has 0 aliphatic carbocycles. The highest BCUT2D eigenvalue weighted by Crippen LogP contribution is 2.31. The molecule has 35 heavy (non-hydrogen) atoms. The van der Waals surface area contributed by atoms with Crippen molar-refractivity contribution in [1.82, 2.24) is 15.0 Å². The summed E-state index contributed by atoms with van der Waals surface area (Å²) in [6.07, 6.45) is 4.69. The molecule has 2 N–H and O–H groups in total. The molecule has 3 aromatic heterocycles. The van der Waals surface area contributed by atoms with E-state index in [9.17, 15) is 9.59 Å². The number of nitrogens with zero attached hydrogens (tertiary/aromatic N) is 3. The number of hydrogen-bond acceptors (Lipinski definition) is 6. The molecule has 0 aliphatic rings. The summed E-state index contributed by atoms with van der Waals surface area (Å²) in [5.74, 6) is 0.315. The van der Waals surface area contributed by atoms with E-state index in [0.29, 0.717) is 34.3 Å². The summed E-state index contributed by atoms with van der Waals surface area (Å²) in [4.78, 5) is 38.1. The molecule has 0 bridgehead atoms. The Hall–Kier alpha value is -5.11. The number of benzene rings is 2. The van der Waals surface area contributed by atoms with Gasteiger partial charge in [0.25, 0.3) is 11.8 Å². The number of anilines is 2. The maximum absolute atomic E-state index is 13.1. The van der Waals surface area contributed by atoms with Crippen LogP contribution in [0.3, 0.4) is 0 Å². The van der Waals surface area contributed by atoms with Crippen molar-refractivity contribution in [2.45, 2.75) is 0 Å². The van der Waals surface area contributed by atoms with E-state index in [2.05, 4.69) is 25.6 Å². The average Bonchev–Trinajstić information content (AvgIpc) is 3.37. The Morgan fingerprint density at radius 3 is 2.23 bits per heavy atom. The fourth-order valence-electron chi connectivity index (χ4n) is 3.39. The average molecular weight is 461 g/mol. The fraction of sp³-hybridized carbons (Fsp3) is 0. The molecule has 0 saturated heterocycles. The quantitative estimate of drug-likeness (QED) is 0.355. The van der Waals surface area contributed by atoms with Crippen LogP contribution in [0.25, 0.3) is 22.8 Å². The van der Waals surface area contributed by atoms with E-state index in [1.807, 2.05) is 30.3 Å². The summed E-state index contributed by atoms with van der Waals surface area (Å²) in [7, 11) is 0. The molecule has 0 atom stereocenters. The Kier molecular flexibility index (Phi) is 6.08. The fourth-order valence-corrected chi connectivity index (χ4v) is 3.39. The highest BCUT2D eigenvalue weighted by Gasteiger charge is 2.23. The van der Waals surface area contributed by atoms with Gasteiger partial charge in [-0.25, -0.2) is 9.97 Å². The standard InChI is InChI=1S/C27H19N5O3/c33-25(20-9-6-15-28-17-20)30-21-13-11-18(12-14-21)24-23(26(34)31-22-10-4-5-16-29-22)32-27(35-24)19-7-2-1-3-8-19/h1-17H,(H,30,33)(H,29,31,34). The van der Waals surface area contributed by atoms with Gasteiger partial charge < -0.3 is 15.1 Å². The van der Waals surface area contributed by atoms with Crippen LogP contribution >= 0.6 is 0 Å². The number of aromatic nitrogens is 3. The van der Waals surface area contributed by atoms with Gasteiger partial charge in [-0.3, -0.25) is 14.6 Å². The van der Waals surface area contributed by atoms with Gasteiger partial charge in [0.05, 0.1) is 5.56 Å². The lowest BCUT2D eigenvalue weighted by molar-refractivity contribution is 0.101. The van der Waals surface area contributed by atoms with Crippen molar-refractivity contribution < 1.29 is 14.0 Å². The Bertz CT molecular complexity index is 1450. The molecular formula is C27H19N5O3. The van der Waals surface area contributed by atoms with Crippen molar-refractivity contribution >= 4 is 23.3 Å².